The number of aromatic nitrogens is 1. The molecule has 0 aliphatic heterocycles. The summed E-state index contributed by atoms with van der Waals surface area (Å²) in [6, 6.07) is 8.11. The number of carbonyl (C=O) groups is 1. The second kappa shape index (κ2) is 6.70. The molecule has 0 spiro atoms. The second-order valence-corrected chi connectivity index (χ2v) is 6.60. The summed E-state index contributed by atoms with van der Waals surface area (Å²) in [6.45, 7) is 0. The van der Waals surface area contributed by atoms with Gasteiger partial charge in [-0.1, -0.05) is 15.9 Å². The van der Waals surface area contributed by atoms with Crippen LogP contribution in [0.2, 0.25) is 0 Å². The van der Waals surface area contributed by atoms with Gasteiger partial charge in [-0.2, -0.15) is 0 Å². The number of nitrogens with zero attached hydrogens (tertiary/aromatic N) is 1. The van der Waals surface area contributed by atoms with Crippen molar-refractivity contribution in [3.63, 3.8) is 0 Å². The van der Waals surface area contributed by atoms with E-state index in [1.165, 1.54) is 16.2 Å². The first kappa shape index (κ1) is 14.1. The predicted octanol–water partition coefficient (Wildman–Crippen LogP) is 4.62. The number of hydrogen-bond acceptors (Lipinski definition) is 4. The molecule has 0 fully saturated rings. The van der Waals surface area contributed by atoms with Crippen LogP contribution in [-0.4, -0.2) is 16.6 Å². The van der Waals surface area contributed by atoms with Crippen molar-refractivity contribution in [2.75, 3.05) is 5.88 Å². The average Bonchev–Trinajstić information content (AvgIpc) is 2.86. The third-order valence-electron chi connectivity index (χ3n) is 2.13. The molecule has 1 heterocycles. The Hall–Kier alpha value is -0.360. The number of rotatable bonds is 5. The predicted molar refractivity (Wildman–Crippen MR) is 80.9 cm³/mol. The summed E-state index contributed by atoms with van der Waals surface area (Å²) < 4.78 is 1.07. The number of halogens is 2. The van der Waals surface area contributed by atoms with Gasteiger partial charge in [0.05, 0.1) is 11.6 Å². The molecule has 0 saturated carbocycles. The van der Waals surface area contributed by atoms with Crippen LogP contribution in [0.25, 0.3) is 0 Å². The maximum atomic E-state index is 11.3. The van der Waals surface area contributed by atoms with Gasteiger partial charge in [0, 0.05) is 14.7 Å². The van der Waals surface area contributed by atoms with Crippen molar-refractivity contribution in [2.24, 2.45) is 0 Å². The molecule has 0 atom stereocenters. The average molecular weight is 363 g/mol. The summed E-state index contributed by atoms with van der Waals surface area (Å²) in [7, 11) is 0. The summed E-state index contributed by atoms with van der Waals surface area (Å²) >= 11 is 12.1. The number of carbonyl (C=O) groups excluding carboxylic acids is 1. The number of benzene rings is 1. The first-order valence-corrected chi connectivity index (χ1v) is 8.30. The molecule has 0 aliphatic rings. The topological polar surface area (TPSA) is 30.0 Å². The maximum absolute atomic E-state index is 11.3. The number of thioether (sulfide) groups is 1. The minimum absolute atomic E-state index is 0.0109. The zero-order chi connectivity index (χ0) is 13.0. The minimum atomic E-state index is -0.118. The molecule has 18 heavy (non-hydrogen) atoms. The molecule has 1 aromatic carbocycles. The van der Waals surface area contributed by atoms with Crippen LogP contribution in [0.5, 0.6) is 0 Å². The number of hydrogen-bond donors (Lipinski definition) is 0. The van der Waals surface area contributed by atoms with Crippen LogP contribution >= 0.6 is 50.6 Å². The molecule has 0 amide bonds. The third kappa shape index (κ3) is 3.82. The van der Waals surface area contributed by atoms with Gasteiger partial charge >= 0.3 is 0 Å². The Morgan fingerprint density at radius 2 is 2.11 bits per heavy atom. The van der Waals surface area contributed by atoms with E-state index in [4.69, 9.17) is 11.6 Å². The zero-order valence-corrected chi connectivity index (χ0v) is 13.2. The third-order valence-corrected chi connectivity index (χ3v) is 4.96. The largest absolute Gasteiger partial charge is 0.291 e. The van der Waals surface area contributed by atoms with Crippen molar-refractivity contribution in [3.05, 3.63) is 44.8 Å². The van der Waals surface area contributed by atoms with E-state index >= 15 is 0 Å². The fraction of sp³-hybridized carbons (Fsp3) is 0.167. The van der Waals surface area contributed by atoms with Crippen molar-refractivity contribution < 1.29 is 4.79 Å². The lowest BCUT2D eigenvalue weighted by Gasteiger charge is -1.99. The van der Waals surface area contributed by atoms with E-state index in [2.05, 4.69) is 20.9 Å². The van der Waals surface area contributed by atoms with Crippen LogP contribution in [0.3, 0.4) is 0 Å². The number of thiazole rings is 1. The van der Waals surface area contributed by atoms with Crippen molar-refractivity contribution in [2.45, 2.75) is 10.6 Å². The molecule has 2 aromatic rings. The number of ketones is 1. The standard InChI is InChI=1S/C12H9BrClNOS2/c13-8-1-3-9(4-2-8)17-7-12-15-10(6-18-12)11(16)5-14/h1-4,6H,5,7H2. The van der Waals surface area contributed by atoms with Crippen molar-refractivity contribution in [3.8, 4) is 0 Å². The maximum Gasteiger partial charge on any atom is 0.196 e. The molecule has 0 unspecified atom stereocenters. The molecule has 2 rings (SSSR count). The highest BCUT2D eigenvalue weighted by Crippen LogP contribution is 2.25. The van der Waals surface area contributed by atoms with Crippen LogP contribution in [0.15, 0.2) is 39.0 Å². The highest BCUT2D eigenvalue weighted by molar-refractivity contribution is 9.10. The molecule has 1 aromatic heterocycles. The Morgan fingerprint density at radius 3 is 2.78 bits per heavy atom. The summed E-state index contributed by atoms with van der Waals surface area (Å²) in [5.41, 5.74) is 0.474. The van der Waals surface area contributed by atoms with E-state index < -0.39 is 0 Å². The van der Waals surface area contributed by atoms with Crippen LogP contribution < -0.4 is 0 Å². The van der Waals surface area contributed by atoms with Crippen LogP contribution in [-0.2, 0) is 5.75 Å². The van der Waals surface area contributed by atoms with Gasteiger partial charge in [-0.15, -0.1) is 34.7 Å². The summed E-state index contributed by atoms with van der Waals surface area (Å²) in [4.78, 5) is 16.8. The lowest BCUT2D eigenvalue weighted by atomic mass is 10.3. The number of Topliss-reactive ketones (excluding diaryl/α,β-unsaturated/α-hetero) is 1. The van der Waals surface area contributed by atoms with E-state index in [-0.39, 0.29) is 11.7 Å². The van der Waals surface area contributed by atoms with Crippen molar-refractivity contribution in [1.82, 2.24) is 4.98 Å². The summed E-state index contributed by atoms with van der Waals surface area (Å²) in [5.74, 6) is 0.637. The fourth-order valence-electron chi connectivity index (χ4n) is 1.25. The Labute approximate surface area is 127 Å². The highest BCUT2D eigenvalue weighted by atomic mass is 79.9. The molecule has 0 radical (unpaired) electrons. The van der Waals surface area contributed by atoms with Gasteiger partial charge in [-0.25, -0.2) is 4.98 Å². The lowest BCUT2D eigenvalue weighted by Crippen LogP contribution is -2.00. The van der Waals surface area contributed by atoms with Gasteiger partial charge in [0.1, 0.15) is 10.7 Å². The van der Waals surface area contributed by atoms with E-state index in [9.17, 15) is 4.79 Å². The molecule has 0 bridgehead atoms. The first-order chi connectivity index (χ1) is 8.69. The second-order valence-electron chi connectivity index (χ2n) is 3.43. The summed E-state index contributed by atoms with van der Waals surface area (Å²) in [6.07, 6.45) is 0. The Kier molecular flexibility index (Phi) is 5.24. The normalized spacial score (nSPS) is 10.6. The molecule has 0 N–H and O–H groups in total. The van der Waals surface area contributed by atoms with Gasteiger partial charge in [0.15, 0.2) is 5.78 Å². The van der Waals surface area contributed by atoms with Crippen molar-refractivity contribution in [1.29, 1.82) is 0 Å². The minimum Gasteiger partial charge on any atom is -0.291 e. The lowest BCUT2D eigenvalue weighted by molar-refractivity contribution is 0.101. The molecule has 0 aliphatic carbocycles. The van der Waals surface area contributed by atoms with E-state index in [1.54, 1.807) is 17.1 Å². The van der Waals surface area contributed by atoms with Gasteiger partial charge in [0.2, 0.25) is 0 Å². The van der Waals surface area contributed by atoms with Crippen LogP contribution in [0, 0.1) is 0 Å². The molecular weight excluding hydrogens is 354 g/mol. The van der Waals surface area contributed by atoms with Gasteiger partial charge < -0.3 is 0 Å². The Morgan fingerprint density at radius 1 is 1.39 bits per heavy atom. The molecule has 94 valence electrons. The first-order valence-electron chi connectivity index (χ1n) is 5.11. The molecule has 6 heteroatoms. The van der Waals surface area contributed by atoms with E-state index in [1.807, 2.05) is 24.3 Å². The molecule has 2 nitrogen and oxygen atoms in total. The summed E-state index contributed by atoms with van der Waals surface area (Å²) in [5, 5.41) is 2.71. The van der Waals surface area contributed by atoms with Gasteiger partial charge in [-0.05, 0) is 24.3 Å². The SMILES string of the molecule is O=C(CCl)c1csc(CSc2ccc(Br)cc2)n1. The van der Waals surface area contributed by atoms with Crippen LogP contribution in [0.1, 0.15) is 15.5 Å². The Balaban J connectivity index is 1.96. The molecular formula is C12H9BrClNOS2. The van der Waals surface area contributed by atoms with E-state index in [0.29, 0.717) is 5.69 Å². The smallest absolute Gasteiger partial charge is 0.196 e. The van der Waals surface area contributed by atoms with Crippen LogP contribution in [0.4, 0.5) is 0 Å². The van der Waals surface area contributed by atoms with Gasteiger partial charge in [-0.3, -0.25) is 4.79 Å². The van der Waals surface area contributed by atoms with Gasteiger partial charge in [0.25, 0.3) is 0 Å². The van der Waals surface area contributed by atoms with Crippen molar-refractivity contribution >= 4 is 56.4 Å². The number of alkyl halides is 1. The van der Waals surface area contributed by atoms with E-state index in [0.717, 1.165) is 15.2 Å². The highest BCUT2D eigenvalue weighted by Gasteiger charge is 2.09. The quantitative estimate of drug-likeness (QED) is 0.441. The Bertz CT molecular complexity index is 541. The monoisotopic (exact) mass is 361 g/mol. The zero-order valence-electron chi connectivity index (χ0n) is 9.23. The molecule has 0 saturated heterocycles. The fourth-order valence-corrected chi connectivity index (χ4v) is 3.37.